The Labute approximate surface area is 312 Å². The molecule has 0 saturated carbocycles. The van der Waals surface area contributed by atoms with Crippen molar-refractivity contribution in [1.82, 2.24) is 9.13 Å². The molecule has 0 aliphatic heterocycles. The van der Waals surface area contributed by atoms with Crippen LogP contribution in [0.25, 0.3) is 88.4 Å². The van der Waals surface area contributed by atoms with E-state index < -0.39 is 0 Å². The molecule has 0 aliphatic rings. The molecule has 0 saturated heterocycles. The zero-order valence-electron chi connectivity index (χ0n) is 29.1. The van der Waals surface area contributed by atoms with Crippen molar-refractivity contribution in [3.05, 3.63) is 193 Å². The third-order valence-corrected chi connectivity index (χ3v) is 10.6. The van der Waals surface area contributed by atoms with Crippen LogP contribution in [0.1, 0.15) is 11.1 Å². The topological polar surface area (TPSA) is 57.4 Å². The molecule has 0 spiro atoms. The molecular weight excluding hydrogens is 657 g/mol. The van der Waals surface area contributed by atoms with Gasteiger partial charge in [-0.2, -0.15) is 10.5 Å². The third-order valence-electron chi connectivity index (χ3n) is 10.6. The summed E-state index contributed by atoms with van der Waals surface area (Å²) < 4.78 is 4.72. The number of aromatic nitrogens is 2. The second-order valence-electron chi connectivity index (χ2n) is 13.6. The van der Waals surface area contributed by atoms with Gasteiger partial charge in [0.15, 0.2) is 0 Å². The van der Waals surface area contributed by atoms with E-state index in [9.17, 15) is 10.5 Å². The molecule has 0 fully saturated rings. The average molecular weight is 687 g/mol. The fourth-order valence-electron chi connectivity index (χ4n) is 8.26. The summed E-state index contributed by atoms with van der Waals surface area (Å²) in [6, 6.07) is 68.0. The summed E-state index contributed by atoms with van der Waals surface area (Å²) in [4.78, 5) is 0. The lowest BCUT2D eigenvalue weighted by Crippen LogP contribution is -1.97. The van der Waals surface area contributed by atoms with Crippen LogP contribution in [0.3, 0.4) is 0 Å². The standard InChI is InChI=1S/C50H30N4/c51-31-36-18-11-19-37(32-52)48(36)35-17-12-20-40(28-35)53-44-23-9-7-21-42(44)49-46(53)25-26-47-50(49)43-22-8-10-24-45(43)54(47)41-29-38(33-13-3-1-4-14-33)27-39(30-41)34-15-5-2-6-16-34/h1-30H. The Morgan fingerprint density at radius 1 is 0.333 bits per heavy atom. The molecule has 4 heteroatoms. The van der Waals surface area contributed by atoms with Gasteiger partial charge in [0.2, 0.25) is 0 Å². The van der Waals surface area contributed by atoms with Gasteiger partial charge in [0.05, 0.1) is 45.3 Å². The molecule has 10 rings (SSSR count). The van der Waals surface area contributed by atoms with Crippen LogP contribution in [-0.2, 0) is 0 Å². The number of benzene rings is 8. The zero-order valence-corrected chi connectivity index (χ0v) is 29.1. The van der Waals surface area contributed by atoms with E-state index in [1.807, 2.05) is 12.1 Å². The number of rotatable bonds is 5. The molecule has 0 atom stereocenters. The molecule has 250 valence electrons. The molecule has 0 unspecified atom stereocenters. The summed E-state index contributed by atoms with van der Waals surface area (Å²) in [5.41, 5.74) is 13.6. The van der Waals surface area contributed by atoms with Crippen molar-refractivity contribution in [2.45, 2.75) is 0 Å². The monoisotopic (exact) mass is 686 g/mol. The Balaban J connectivity index is 1.27. The first-order valence-corrected chi connectivity index (χ1v) is 18.0. The van der Waals surface area contributed by atoms with Crippen LogP contribution in [0.5, 0.6) is 0 Å². The van der Waals surface area contributed by atoms with Crippen molar-refractivity contribution in [1.29, 1.82) is 10.5 Å². The lowest BCUT2D eigenvalue weighted by Gasteiger charge is -2.14. The van der Waals surface area contributed by atoms with Crippen LogP contribution in [0.2, 0.25) is 0 Å². The van der Waals surface area contributed by atoms with Crippen LogP contribution in [0.4, 0.5) is 0 Å². The van der Waals surface area contributed by atoms with Crippen LogP contribution < -0.4 is 0 Å². The summed E-state index contributed by atoms with van der Waals surface area (Å²) >= 11 is 0. The molecule has 0 bridgehead atoms. The van der Waals surface area contributed by atoms with Crippen molar-refractivity contribution >= 4 is 43.6 Å². The third kappa shape index (κ3) is 4.83. The minimum Gasteiger partial charge on any atom is -0.309 e. The number of hydrogen-bond acceptors (Lipinski definition) is 2. The van der Waals surface area contributed by atoms with Crippen molar-refractivity contribution in [3.63, 3.8) is 0 Å². The highest BCUT2D eigenvalue weighted by Crippen LogP contribution is 2.43. The average Bonchev–Trinajstić information content (AvgIpc) is 3.77. The molecule has 2 heterocycles. The van der Waals surface area contributed by atoms with Gasteiger partial charge in [-0.05, 0) is 94.5 Å². The van der Waals surface area contributed by atoms with E-state index >= 15 is 0 Å². The highest BCUT2D eigenvalue weighted by atomic mass is 15.0. The van der Waals surface area contributed by atoms with Gasteiger partial charge in [-0.15, -0.1) is 0 Å². The van der Waals surface area contributed by atoms with Crippen LogP contribution in [0, 0.1) is 22.7 Å². The van der Waals surface area contributed by atoms with Gasteiger partial charge < -0.3 is 9.13 Å². The van der Waals surface area contributed by atoms with E-state index in [1.54, 1.807) is 18.2 Å². The van der Waals surface area contributed by atoms with E-state index in [4.69, 9.17) is 0 Å². The summed E-state index contributed by atoms with van der Waals surface area (Å²) in [5, 5.41) is 24.7. The lowest BCUT2D eigenvalue weighted by atomic mass is 9.95. The number of para-hydroxylation sites is 2. The molecule has 0 N–H and O–H groups in total. The van der Waals surface area contributed by atoms with Crippen LogP contribution in [0.15, 0.2) is 182 Å². The van der Waals surface area contributed by atoms with E-state index in [0.717, 1.165) is 55.5 Å². The predicted octanol–water partition coefficient (Wildman–Crippen LogP) is 12.6. The van der Waals surface area contributed by atoms with Crippen molar-refractivity contribution in [2.75, 3.05) is 0 Å². The van der Waals surface area contributed by atoms with Gasteiger partial charge in [-0.3, -0.25) is 0 Å². The fraction of sp³-hybridized carbons (Fsp3) is 0. The molecular formula is C50H30N4. The normalized spacial score (nSPS) is 11.3. The zero-order chi connectivity index (χ0) is 36.2. The number of hydrogen-bond donors (Lipinski definition) is 0. The number of nitrogens with zero attached hydrogens (tertiary/aromatic N) is 4. The first-order chi connectivity index (χ1) is 26.7. The summed E-state index contributed by atoms with van der Waals surface area (Å²) in [5.74, 6) is 0. The Hall–Kier alpha value is -7.66. The van der Waals surface area contributed by atoms with Gasteiger partial charge in [0.1, 0.15) is 0 Å². The minimum absolute atomic E-state index is 0.481. The Morgan fingerprint density at radius 3 is 1.31 bits per heavy atom. The first-order valence-electron chi connectivity index (χ1n) is 18.0. The van der Waals surface area contributed by atoms with E-state index in [0.29, 0.717) is 16.7 Å². The molecule has 2 aromatic heterocycles. The van der Waals surface area contributed by atoms with Crippen molar-refractivity contribution in [3.8, 4) is 56.9 Å². The van der Waals surface area contributed by atoms with Gasteiger partial charge in [0.25, 0.3) is 0 Å². The second-order valence-corrected chi connectivity index (χ2v) is 13.6. The van der Waals surface area contributed by atoms with Gasteiger partial charge >= 0.3 is 0 Å². The molecule has 10 aromatic rings. The van der Waals surface area contributed by atoms with E-state index in [-0.39, 0.29) is 0 Å². The maximum absolute atomic E-state index is 9.99. The van der Waals surface area contributed by atoms with Crippen LogP contribution in [-0.4, -0.2) is 9.13 Å². The lowest BCUT2D eigenvalue weighted by molar-refractivity contribution is 1.17. The maximum Gasteiger partial charge on any atom is 0.0998 e. The smallest absolute Gasteiger partial charge is 0.0998 e. The first kappa shape index (κ1) is 31.1. The minimum atomic E-state index is 0.481. The number of nitriles is 2. The highest BCUT2D eigenvalue weighted by molar-refractivity contribution is 6.29. The van der Waals surface area contributed by atoms with E-state index in [2.05, 4.69) is 173 Å². The summed E-state index contributed by atoms with van der Waals surface area (Å²) in [6.07, 6.45) is 0. The fourth-order valence-corrected chi connectivity index (χ4v) is 8.26. The molecule has 0 amide bonds. The maximum atomic E-state index is 9.99. The Morgan fingerprint density at radius 2 is 0.778 bits per heavy atom. The van der Waals surface area contributed by atoms with Gasteiger partial charge in [-0.25, -0.2) is 0 Å². The Kier molecular flexibility index (Phi) is 7.22. The molecule has 0 radical (unpaired) electrons. The van der Waals surface area contributed by atoms with E-state index in [1.165, 1.54) is 27.3 Å². The molecule has 54 heavy (non-hydrogen) atoms. The molecule has 4 nitrogen and oxygen atoms in total. The second kappa shape index (κ2) is 12.5. The van der Waals surface area contributed by atoms with Crippen molar-refractivity contribution in [2.24, 2.45) is 0 Å². The number of fused-ring (bicyclic) bond motifs is 7. The SMILES string of the molecule is N#Cc1cccc(C#N)c1-c1cccc(-n2c3ccccc3c3c4c5ccccc5n(-c5cc(-c6ccccc6)cc(-c6ccccc6)c5)c4ccc32)c1. The summed E-state index contributed by atoms with van der Waals surface area (Å²) in [7, 11) is 0. The molecule has 0 aliphatic carbocycles. The van der Waals surface area contributed by atoms with Crippen molar-refractivity contribution < 1.29 is 0 Å². The van der Waals surface area contributed by atoms with Gasteiger partial charge in [0, 0.05) is 38.5 Å². The summed E-state index contributed by atoms with van der Waals surface area (Å²) in [6.45, 7) is 0. The van der Waals surface area contributed by atoms with Gasteiger partial charge in [-0.1, -0.05) is 115 Å². The largest absolute Gasteiger partial charge is 0.309 e. The highest BCUT2D eigenvalue weighted by Gasteiger charge is 2.21. The quantitative estimate of drug-likeness (QED) is 0.181. The van der Waals surface area contributed by atoms with Crippen LogP contribution >= 0.6 is 0 Å². The Bertz CT molecular complexity index is 3080. The predicted molar refractivity (Wildman–Crippen MR) is 221 cm³/mol. The molecule has 8 aromatic carbocycles.